The molecule has 4 heteroatoms. The average Bonchev–Trinajstić information content (AvgIpc) is 2.19. The first kappa shape index (κ1) is 12.3. The second-order valence-corrected chi connectivity index (χ2v) is 4.93. The van der Waals surface area contributed by atoms with Gasteiger partial charge in [0.2, 0.25) is 0 Å². The summed E-state index contributed by atoms with van der Waals surface area (Å²) in [5.41, 5.74) is 0.405. The quantitative estimate of drug-likeness (QED) is 0.571. The third kappa shape index (κ3) is 2.86. The van der Waals surface area contributed by atoms with E-state index in [-0.39, 0.29) is 18.5 Å². The van der Waals surface area contributed by atoms with Crippen molar-refractivity contribution in [1.82, 2.24) is 5.23 Å². The molecular formula is C11H20BNO2. The highest BCUT2D eigenvalue weighted by atomic mass is 16.7. The fourth-order valence-electron chi connectivity index (χ4n) is 1.18. The first-order valence-corrected chi connectivity index (χ1v) is 5.18. The van der Waals surface area contributed by atoms with Gasteiger partial charge >= 0.3 is 7.25 Å². The Morgan fingerprint density at radius 3 is 2.07 bits per heavy atom. The molecule has 3 nitrogen and oxygen atoms in total. The fraction of sp³-hybridized carbons (Fsp3) is 0.636. The Kier molecular flexibility index (Phi) is 3.31. The maximum atomic E-state index is 5.73. The van der Waals surface area contributed by atoms with Crippen LogP contribution in [0.2, 0.25) is 0 Å². The van der Waals surface area contributed by atoms with Gasteiger partial charge in [-0.15, -0.1) is 0 Å². The monoisotopic (exact) mass is 209 g/mol. The van der Waals surface area contributed by atoms with Gasteiger partial charge in [-0.25, -0.2) is 0 Å². The normalized spacial score (nSPS) is 23.4. The predicted octanol–water partition coefficient (Wildman–Crippen LogP) is 2.25. The first-order valence-electron chi connectivity index (χ1n) is 5.18. The second-order valence-electron chi connectivity index (χ2n) is 4.93. The first-order chi connectivity index (χ1) is 6.74. The van der Waals surface area contributed by atoms with Gasteiger partial charge < -0.3 is 14.5 Å². The van der Waals surface area contributed by atoms with Gasteiger partial charge in [0.1, 0.15) is 0 Å². The standard InChI is InChI=1S/C11H20BNO2/c1-9(2)7-8-13-12-14-10(3,4)11(5,6)15-12/h7-8,13H,1H2,2-6H3/b8-7-. The van der Waals surface area contributed by atoms with E-state index in [9.17, 15) is 0 Å². The van der Waals surface area contributed by atoms with Crippen LogP contribution in [0.3, 0.4) is 0 Å². The van der Waals surface area contributed by atoms with Crippen LogP contribution in [0, 0.1) is 0 Å². The van der Waals surface area contributed by atoms with Gasteiger partial charge in [0.15, 0.2) is 0 Å². The Labute approximate surface area is 92.7 Å². The predicted molar refractivity (Wildman–Crippen MR) is 63.2 cm³/mol. The molecule has 0 bridgehead atoms. The molecule has 1 saturated heterocycles. The van der Waals surface area contributed by atoms with Crippen molar-refractivity contribution in [2.75, 3.05) is 0 Å². The molecule has 1 rings (SSSR count). The lowest BCUT2D eigenvalue weighted by atomic mass is 9.90. The third-order valence-electron chi connectivity index (χ3n) is 2.85. The average molecular weight is 209 g/mol. The Morgan fingerprint density at radius 1 is 1.20 bits per heavy atom. The largest absolute Gasteiger partial charge is 0.591 e. The van der Waals surface area contributed by atoms with Gasteiger partial charge in [-0.2, -0.15) is 0 Å². The maximum Gasteiger partial charge on any atom is 0.591 e. The summed E-state index contributed by atoms with van der Waals surface area (Å²) < 4.78 is 11.5. The molecule has 0 aromatic rings. The third-order valence-corrected chi connectivity index (χ3v) is 2.85. The van der Waals surface area contributed by atoms with Crippen LogP contribution in [0.25, 0.3) is 0 Å². The van der Waals surface area contributed by atoms with Crippen LogP contribution in [0.1, 0.15) is 34.6 Å². The zero-order valence-corrected chi connectivity index (χ0v) is 10.3. The summed E-state index contributed by atoms with van der Waals surface area (Å²) in [6.45, 7) is 13.8. The van der Waals surface area contributed by atoms with Crippen LogP contribution >= 0.6 is 0 Å². The van der Waals surface area contributed by atoms with E-state index in [1.165, 1.54) is 0 Å². The van der Waals surface area contributed by atoms with E-state index in [1.807, 2.05) is 40.7 Å². The van der Waals surface area contributed by atoms with Crippen molar-refractivity contribution in [2.24, 2.45) is 0 Å². The number of hydrogen-bond donors (Lipinski definition) is 1. The van der Waals surface area contributed by atoms with Gasteiger partial charge in [-0.3, -0.25) is 0 Å². The van der Waals surface area contributed by atoms with Crippen molar-refractivity contribution >= 4 is 7.25 Å². The molecule has 0 amide bonds. The highest BCUT2D eigenvalue weighted by molar-refractivity contribution is 6.42. The smallest absolute Gasteiger partial charge is 0.384 e. The number of rotatable bonds is 3. The molecule has 0 spiro atoms. The maximum absolute atomic E-state index is 5.73. The van der Waals surface area contributed by atoms with Gasteiger partial charge in [-0.1, -0.05) is 12.2 Å². The Bertz CT molecular complexity index is 268. The van der Waals surface area contributed by atoms with Gasteiger partial charge in [0.25, 0.3) is 0 Å². The lowest BCUT2D eigenvalue weighted by Gasteiger charge is -2.32. The molecule has 1 heterocycles. The second kappa shape index (κ2) is 4.03. The summed E-state index contributed by atoms with van der Waals surface area (Å²) >= 11 is 0. The molecule has 15 heavy (non-hydrogen) atoms. The van der Waals surface area contributed by atoms with Crippen LogP contribution in [0.4, 0.5) is 0 Å². The molecule has 1 fully saturated rings. The topological polar surface area (TPSA) is 30.5 Å². The number of allylic oxidation sites excluding steroid dienone is 2. The van der Waals surface area contributed by atoms with Gasteiger partial charge in [0.05, 0.1) is 11.2 Å². The van der Waals surface area contributed by atoms with Crippen molar-refractivity contribution in [1.29, 1.82) is 0 Å². The molecule has 1 aliphatic heterocycles. The zero-order chi connectivity index (χ0) is 11.7. The lowest BCUT2D eigenvalue weighted by molar-refractivity contribution is 0.00578. The van der Waals surface area contributed by atoms with Crippen molar-refractivity contribution < 1.29 is 9.31 Å². The van der Waals surface area contributed by atoms with E-state index >= 15 is 0 Å². The zero-order valence-electron chi connectivity index (χ0n) is 10.3. The summed E-state index contributed by atoms with van der Waals surface area (Å²) in [7, 11) is -0.384. The summed E-state index contributed by atoms with van der Waals surface area (Å²) in [6.07, 6.45) is 3.68. The summed E-state index contributed by atoms with van der Waals surface area (Å²) in [6, 6.07) is 0. The van der Waals surface area contributed by atoms with Crippen LogP contribution in [-0.4, -0.2) is 18.5 Å². The van der Waals surface area contributed by atoms with Crippen LogP contribution < -0.4 is 5.23 Å². The minimum absolute atomic E-state index is 0.290. The van der Waals surface area contributed by atoms with Crippen molar-refractivity contribution in [3.8, 4) is 0 Å². The van der Waals surface area contributed by atoms with Crippen molar-refractivity contribution in [3.63, 3.8) is 0 Å². The van der Waals surface area contributed by atoms with E-state index in [4.69, 9.17) is 9.31 Å². The van der Waals surface area contributed by atoms with E-state index in [0.717, 1.165) is 5.57 Å². The number of hydrogen-bond acceptors (Lipinski definition) is 3. The SMILES string of the molecule is C=C(C)/C=C\NB1OC(C)(C)C(C)(C)O1. The van der Waals surface area contributed by atoms with Crippen LogP contribution in [0.5, 0.6) is 0 Å². The van der Waals surface area contributed by atoms with E-state index in [1.54, 1.807) is 6.20 Å². The van der Waals surface area contributed by atoms with E-state index < -0.39 is 0 Å². The molecule has 0 unspecified atom stereocenters. The van der Waals surface area contributed by atoms with E-state index in [2.05, 4.69) is 11.8 Å². The summed E-state index contributed by atoms with van der Waals surface area (Å²) in [5.74, 6) is 0. The molecular weight excluding hydrogens is 189 g/mol. The van der Waals surface area contributed by atoms with Gasteiger partial charge in [-0.05, 0) is 46.9 Å². The Hall–Kier alpha value is -0.735. The summed E-state index contributed by atoms with van der Waals surface area (Å²) in [4.78, 5) is 0. The lowest BCUT2D eigenvalue weighted by Crippen LogP contribution is -2.41. The van der Waals surface area contributed by atoms with Gasteiger partial charge in [0, 0.05) is 0 Å². The molecule has 0 aromatic carbocycles. The van der Waals surface area contributed by atoms with Crippen molar-refractivity contribution in [2.45, 2.75) is 45.8 Å². The van der Waals surface area contributed by atoms with Crippen LogP contribution in [-0.2, 0) is 9.31 Å². The molecule has 0 atom stereocenters. The highest BCUT2D eigenvalue weighted by Crippen LogP contribution is 2.35. The molecule has 1 aliphatic rings. The highest BCUT2D eigenvalue weighted by Gasteiger charge is 2.51. The molecule has 0 aliphatic carbocycles. The van der Waals surface area contributed by atoms with Crippen molar-refractivity contribution in [3.05, 3.63) is 24.4 Å². The molecule has 84 valence electrons. The van der Waals surface area contributed by atoms with E-state index in [0.29, 0.717) is 0 Å². The Morgan fingerprint density at radius 2 is 1.67 bits per heavy atom. The summed E-state index contributed by atoms with van der Waals surface area (Å²) in [5, 5.41) is 3.04. The fourth-order valence-corrected chi connectivity index (χ4v) is 1.18. The Balaban J connectivity index is 2.53. The number of nitrogens with one attached hydrogen (secondary N) is 1. The molecule has 0 saturated carbocycles. The molecule has 0 aromatic heterocycles. The minimum atomic E-state index is -0.384. The minimum Gasteiger partial charge on any atom is -0.384 e. The van der Waals surface area contributed by atoms with Crippen LogP contribution in [0.15, 0.2) is 24.4 Å². The molecule has 1 N–H and O–H groups in total. The molecule has 0 radical (unpaired) electrons.